The van der Waals surface area contributed by atoms with Crippen LogP contribution in [0.4, 0.5) is 0 Å². The topological polar surface area (TPSA) is 21.1 Å². The lowest BCUT2D eigenvalue weighted by atomic mass is 10.1. The van der Waals surface area contributed by atoms with Crippen molar-refractivity contribution in [1.82, 2.24) is 14.7 Å². The van der Waals surface area contributed by atoms with Gasteiger partial charge >= 0.3 is 0 Å². The summed E-state index contributed by atoms with van der Waals surface area (Å²) >= 11 is 0. The Morgan fingerprint density at radius 1 is 1.53 bits per heavy atom. The summed E-state index contributed by atoms with van der Waals surface area (Å²) in [6, 6.07) is 0.685. The van der Waals surface area contributed by atoms with E-state index < -0.39 is 0 Å². The summed E-state index contributed by atoms with van der Waals surface area (Å²) in [6.45, 7) is 6.71. The van der Waals surface area contributed by atoms with Crippen molar-refractivity contribution < 1.29 is 0 Å². The lowest BCUT2D eigenvalue weighted by Gasteiger charge is -2.18. The Morgan fingerprint density at radius 2 is 2.33 bits per heavy atom. The second-order valence-corrected chi connectivity index (χ2v) is 4.93. The van der Waals surface area contributed by atoms with Gasteiger partial charge in [-0.05, 0) is 37.9 Å². The molecular formula is C12H21N3. The van der Waals surface area contributed by atoms with E-state index in [4.69, 9.17) is 0 Å². The van der Waals surface area contributed by atoms with Crippen LogP contribution < -0.4 is 0 Å². The summed E-state index contributed by atoms with van der Waals surface area (Å²) in [6.07, 6.45) is 6.84. The number of likely N-dealkylation sites (tertiary alicyclic amines) is 1. The van der Waals surface area contributed by atoms with Crippen LogP contribution in [0.3, 0.4) is 0 Å². The first-order chi connectivity index (χ1) is 7.16. The number of likely N-dealkylation sites (N-methyl/N-ethyl adjacent to an activating group) is 1. The number of rotatable bonds is 3. The van der Waals surface area contributed by atoms with Crippen molar-refractivity contribution in [1.29, 1.82) is 0 Å². The van der Waals surface area contributed by atoms with Crippen LogP contribution in [0.15, 0.2) is 12.4 Å². The second kappa shape index (κ2) is 4.35. The molecule has 3 heteroatoms. The van der Waals surface area contributed by atoms with Gasteiger partial charge in [-0.15, -0.1) is 0 Å². The van der Waals surface area contributed by atoms with Crippen LogP contribution in [-0.2, 0) is 6.54 Å². The maximum atomic E-state index is 4.43. The van der Waals surface area contributed by atoms with E-state index in [9.17, 15) is 0 Å². The van der Waals surface area contributed by atoms with E-state index in [1.54, 1.807) is 0 Å². The largest absolute Gasteiger partial charge is 0.302 e. The van der Waals surface area contributed by atoms with Gasteiger partial charge in [0.1, 0.15) is 0 Å². The number of hydrogen-bond donors (Lipinski definition) is 0. The van der Waals surface area contributed by atoms with Crippen molar-refractivity contribution >= 4 is 0 Å². The van der Waals surface area contributed by atoms with E-state index >= 15 is 0 Å². The normalized spacial score (nSPS) is 22.8. The molecule has 2 heterocycles. The van der Waals surface area contributed by atoms with E-state index in [0.29, 0.717) is 12.0 Å². The Balaban J connectivity index is 1.98. The lowest BCUT2D eigenvalue weighted by Crippen LogP contribution is -2.29. The first-order valence-corrected chi connectivity index (χ1v) is 5.89. The van der Waals surface area contributed by atoms with Crippen LogP contribution in [-0.4, -0.2) is 34.3 Å². The molecule has 0 bridgehead atoms. The van der Waals surface area contributed by atoms with E-state index in [2.05, 4.69) is 41.8 Å². The smallest absolute Gasteiger partial charge is 0.0564 e. The molecule has 0 unspecified atom stereocenters. The first kappa shape index (κ1) is 10.7. The van der Waals surface area contributed by atoms with Gasteiger partial charge < -0.3 is 4.90 Å². The second-order valence-electron chi connectivity index (χ2n) is 4.93. The van der Waals surface area contributed by atoms with Crippen LogP contribution in [0.25, 0.3) is 0 Å². The summed E-state index contributed by atoms with van der Waals surface area (Å²) in [4.78, 5) is 2.44. The molecule has 0 saturated carbocycles. The molecule has 1 aliphatic rings. The molecule has 1 fully saturated rings. The minimum absolute atomic E-state index is 0.583. The molecule has 0 amide bonds. The SMILES string of the molecule is CC(C)c1cnn(C[C@@H]2CCCN2C)c1. The first-order valence-electron chi connectivity index (χ1n) is 5.89. The van der Waals surface area contributed by atoms with Crippen LogP contribution in [0.5, 0.6) is 0 Å². The van der Waals surface area contributed by atoms with Crippen LogP contribution in [0, 0.1) is 0 Å². The molecule has 1 saturated heterocycles. The predicted octanol–water partition coefficient (Wildman–Crippen LogP) is 2.10. The molecule has 0 radical (unpaired) electrons. The zero-order chi connectivity index (χ0) is 10.8. The van der Waals surface area contributed by atoms with Gasteiger partial charge in [0.15, 0.2) is 0 Å². The third-order valence-corrected chi connectivity index (χ3v) is 3.39. The lowest BCUT2D eigenvalue weighted by molar-refractivity contribution is 0.274. The predicted molar refractivity (Wildman–Crippen MR) is 62.0 cm³/mol. The molecule has 1 aromatic heterocycles. The fourth-order valence-corrected chi connectivity index (χ4v) is 2.20. The molecule has 3 nitrogen and oxygen atoms in total. The molecule has 1 aliphatic heterocycles. The fraction of sp³-hybridized carbons (Fsp3) is 0.750. The van der Waals surface area contributed by atoms with E-state index in [1.165, 1.54) is 24.9 Å². The number of nitrogens with zero attached hydrogens (tertiary/aromatic N) is 3. The van der Waals surface area contributed by atoms with Crippen LogP contribution in [0.2, 0.25) is 0 Å². The highest BCUT2D eigenvalue weighted by atomic mass is 15.3. The van der Waals surface area contributed by atoms with Crippen molar-refractivity contribution in [3.63, 3.8) is 0 Å². The molecule has 2 rings (SSSR count). The highest BCUT2D eigenvalue weighted by Gasteiger charge is 2.21. The van der Waals surface area contributed by atoms with Crippen LogP contribution in [0.1, 0.15) is 38.2 Å². The molecule has 1 aromatic rings. The van der Waals surface area contributed by atoms with Gasteiger partial charge in [-0.25, -0.2) is 0 Å². The zero-order valence-corrected chi connectivity index (χ0v) is 9.98. The van der Waals surface area contributed by atoms with Gasteiger partial charge in [0, 0.05) is 12.2 Å². The third kappa shape index (κ3) is 2.40. The quantitative estimate of drug-likeness (QED) is 0.757. The molecular weight excluding hydrogens is 186 g/mol. The van der Waals surface area contributed by atoms with E-state index in [1.807, 2.05) is 6.20 Å². The third-order valence-electron chi connectivity index (χ3n) is 3.39. The maximum Gasteiger partial charge on any atom is 0.0564 e. The maximum absolute atomic E-state index is 4.43. The zero-order valence-electron chi connectivity index (χ0n) is 9.98. The summed E-state index contributed by atoms with van der Waals surface area (Å²) in [5, 5.41) is 4.43. The van der Waals surface area contributed by atoms with Gasteiger partial charge in [0.05, 0.1) is 12.7 Å². The summed E-state index contributed by atoms with van der Waals surface area (Å²) in [5.74, 6) is 0.583. The summed E-state index contributed by atoms with van der Waals surface area (Å²) in [7, 11) is 2.21. The molecule has 0 N–H and O–H groups in total. The highest BCUT2D eigenvalue weighted by molar-refractivity contribution is 5.08. The van der Waals surface area contributed by atoms with E-state index in [-0.39, 0.29) is 0 Å². The van der Waals surface area contributed by atoms with Crippen molar-refractivity contribution in [2.75, 3.05) is 13.6 Å². The molecule has 1 atom stereocenters. The highest BCUT2D eigenvalue weighted by Crippen LogP contribution is 2.18. The Bertz CT molecular complexity index is 316. The minimum Gasteiger partial charge on any atom is -0.302 e. The van der Waals surface area contributed by atoms with E-state index in [0.717, 1.165) is 6.54 Å². The van der Waals surface area contributed by atoms with Gasteiger partial charge in [0.2, 0.25) is 0 Å². The number of hydrogen-bond acceptors (Lipinski definition) is 2. The van der Waals surface area contributed by atoms with Crippen molar-refractivity contribution in [3.8, 4) is 0 Å². The monoisotopic (exact) mass is 207 g/mol. The molecule has 0 aliphatic carbocycles. The molecule has 0 aromatic carbocycles. The van der Waals surface area contributed by atoms with Gasteiger partial charge in [0.25, 0.3) is 0 Å². The standard InChI is InChI=1S/C12H21N3/c1-10(2)11-7-13-15(8-11)9-12-5-4-6-14(12)3/h7-8,10,12H,4-6,9H2,1-3H3/t12-/m0/s1. The van der Waals surface area contributed by atoms with Gasteiger partial charge in [-0.3, -0.25) is 4.68 Å². The van der Waals surface area contributed by atoms with Gasteiger partial charge in [-0.1, -0.05) is 13.8 Å². The van der Waals surface area contributed by atoms with Crippen molar-refractivity contribution in [2.45, 2.75) is 45.2 Å². The minimum atomic E-state index is 0.583. The Labute approximate surface area is 92.1 Å². The number of aromatic nitrogens is 2. The van der Waals surface area contributed by atoms with Crippen molar-refractivity contribution in [2.24, 2.45) is 0 Å². The Hall–Kier alpha value is -0.830. The Kier molecular flexibility index (Phi) is 3.10. The average Bonchev–Trinajstić information content (AvgIpc) is 2.77. The summed E-state index contributed by atoms with van der Waals surface area (Å²) in [5.41, 5.74) is 1.34. The van der Waals surface area contributed by atoms with Crippen molar-refractivity contribution in [3.05, 3.63) is 18.0 Å². The molecule has 84 valence electrons. The molecule has 0 spiro atoms. The molecule has 15 heavy (non-hydrogen) atoms. The van der Waals surface area contributed by atoms with Gasteiger partial charge in [-0.2, -0.15) is 5.10 Å². The van der Waals surface area contributed by atoms with Crippen LogP contribution >= 0.6 is 0 Å². The average molecular weight is 207 g/mol. The summed E-state index contributed by atoms with van der Waals surface area (Å²) < 4.78 is 2.10. The fourth-order valence-electron chi connectivity index (χ4n) is 2.20. The Morgan fingerprint density at radius 3 is 2.87 bits per heavy atom.